The van der Waals surface area contributed by atoms with Gasteiger partial charge in [-0.25, -0.2) is 18.2 Å². The van der Waals surface area contributed by atoms with Crippen molar-refractivity contribution in [2.75, 3.05) is 0 Å². The van der Waals surface area contributed by atoms with Gasteiger partial charge < -0.3 is 22.3 Å². The van der Waals surface area contributed by atoms with Crippen LogP contribution in [0.3, 0.4) is 0 Å². The Bertz CT molecular complexity index is 449. The van der Waals surface area contributed by atoms with Crippen LogP contribution in [0.25, 0.3) is 6.08 Å². The third kappa shape index (κ3) is 6.57. The maximum absolute atomic E-state index is 3.29. The average molecular weight is 345 g/mol. The maximum Gasteiger partial charge on any atom is 0 e. The van der Waals surface area contributed by atoms with Crippen molar-refractivity contribution in [3.8, 4) is 0 Å². The molecule has 1 aliphatic carbocycles. The summed E-state index contributed by atoms with van der Waals surface area (Å²) >= 11 is 0. The second kappa shape index (κ2) is 12.0. The van der Waals surface area contributed by atoms with Gasteiger partial charge in [-0.3, -0.25) is 6.08 Å². The van der Waals surface area contributed by atoms with Crippen molar-refractivity contribution >= 4 is 6.08 Å². The van der Waals surface area contributed by atoms with Gasteiger partial charge in [0.05, 0.1) is 0 Å². The molecule has 20 heavy (non-hydrogen) atoms. The molecule has 1 aliphatic rings. The van der Waals surface area contributed by atoms with Crippen LogP contribution in [-0.4, -0.2) is 0 Å². The Morgan fingerprint density at radius 2 is 1.65 bits per heavy atom. The minimum Gasteiger partial charge on any atom is -0.358 e. The SMILES string of the molecule is Cc1ccc2c(c1)C=[C-]C2C.[CH3-].[CH3-].[CH3-].[Zr].c1cc[cH-]c1. The first kappa shape index (κ1) is 24.2. The average Bonchev–Trinajstić information content (AvgIpc) is 2.92. The molecule has 0 bridgehead atoms. The second-order valence-corrected chi connectivity index (χ2v) is 4.13. The zero-order chi connectivity index (χ0) is 11.4. The van der Waals surface area contributed by atoms with E-state index >= 15 is 0 Å². The molecule has 1 unspecified atom stereocenters. The molecule has 2 aromatic rings. The Labute approximate surface area is 145 Å². The molecule has 0 amide bonds. The Hall–Kier alpha value is -0.807. The molecular weight excluding hydrogens is 319 g/mol. The Morgan fingerprint density at radius 1 is 1.05 bits per heavy atom. The van der Waals surface area contributed by atoms with Gasteiger partial charge in [-0.15, -0.1) is 11.6 Å². The number of hydrogen-bond acceptors (Lipinski definition) is 0. The van der Waals surface area contributed by atoms with E-state index in [1.165, 1.54) is 16.7 Å². The molecular formula is C19H25Zr-5. The van der Waals surface area contributed by atoms with Crippen LogP contribution in [0.2, 0.25) is 0 Å². The van der Waals surface area contributed by atoms with Crippen molar-refractivity contribution < 1.29 is 26.2 Å². The van der Waals surface area contributed by atoms with Gasteiger partial charge in [0.1, 0.15) is 0 Å². The van der Waals surface area contributed by atoms with Crippen molar-refractivity contribution in [1.29, 1.82) is 0 Å². The predicted octanol–water partition coefficient (Wildman–Crippen LogP) is 5.68. The van der Waals surface area contributed by atoms with Gasteiger partial charge in [0.25, 0.3) is 0 Å². The number of hydrogen-bond donors (Lipinski definition) is 0. The summed E-state index contributed by atoms with van der Waals surface area (Å²) in [6.07, 6.45) is 5.38. The number of aryl methyl sites for hydroxylation is 1. The quantitative estimate of drug-likeness (QED) is 0.539. The third-order valence-electron chi connectivity index (χ3n) is 2.75. The summed E-state index contributed by atoms with van der Waals surface area (Å²) in [5.41, 5.74) is 4.09. The Kier molecular flexibility index (Phi) is 14.5. The molecule has 0 aromatic heterocycles. The summed E-state index contributed by atoms with van der Waals surface area (Å²) in [6.45, 7) is 4.30. The molecule has 0 aliphatic heterocycles. The third-order valence-corrected chi connectivity index (χ3v) is 2.75. The van der Waals surface area contributed by atoms with Gasteiger partial charge in [0, 0.05) is 26.2 Å². The molecule has 0 saturated heterocycles. The topological polar surface area (TPSA) is 0 Å². The standard InChI is InChI=1S/C11H11.C5H5.3CH3.Zr/c1-8-3-6-11-9(2)4-5-10(11)7-8;1-2-4-5-3-1;;;;/h3,5-7,9H,1-2H3;1-5H;3*1H3;/q5*-1;. The smallest absolute Gasteiger partial charge is 0 e. The van der Waals surface area contributed by atoms with Crippen LogP contribution in [0.1, 0.15) is 29.5 Å². The molecule has 0 heterocycles. The molecule has 0 radical (unpaired) electrons. The van der Waals surface area contributed by atoms with Crippen LogP contribution in [0.15, 0.2) is 48.5 Å². The fourth-order valence-corrected chi connectivity index (χ4v) is 1.84. The summed E-state index contributed by atoms with van der Waals surface area (Å²) in [5, 5.41) is 0. The molecule has 2 aromatic carbocycles. The molecule has 110 valence electrons. The van der Waals surface area contributed by atoms with Crippen LogP contribution in [-0.2, 0) is 26.2 Å². The van der Waals surface area contributed by atoms with Crippen LogP contribution >= 0.6 is 0 Å². The van der Waals surface area contributed by atoms with E-state index in [-0.39, 0.29) is 48.5 Å². The summed E-state index contributed by atoms with van der Waals surface area (Å²) in [5.74, 6) is 0.491. The minimum absolute atomic E-state index is 0. The van der Waals surface area contributed by atoms with Crippen molar-refractivity contribution in [1.82, 2.24) is 0 Å². The van der Waals surface area contributed by atoms with E-state index in [1.807, 2.05) is 30.3 Å². The first-order valence-electron chi connectivity index (χ1n) is 5.64. The summed E-state index contributed by atoms with van der Waals surface area (Å²) in [6, 6.07) is 16.6. The van der Waals surface area contributed by atoms with Gasteiger partial charge in [0.2, 0.25) is 0 Å². The predicted molar refractivity (Wildman–Crippen MR) is 88.6 cm³/mol. The van der Waals surface area contributed by atoms with Crippen molar-refractivity contribution in [2.45, 2.75) is 19.8 Å². The van der Waals surface area contributed by atoms with Gasteiger partial charge in [-0.05, 0) is 6.92 Å². The van der Waals surface area contributed by atoms with Crippen LogP contribution < -0.4 is 0 Å². The zero-order valence-electron chi connectivity index (χ0n) is 13.3. The van der Waals surface area contributed by atoms with E-state index in [2.05, 4.69) is 44.2 Å². The molecule has 0 spiro atoms. The monoisotopic (exact) mass is 343 g/mol. The largest absolute Gasteiger partial charge is 0.358 e. The number of fused-ring (bicyclic) bond motifs is 1. The number of benzene rings is 1. The second-order valence-electron chi connectivity index (χ2n) is 4.13. The van der Waals surface area contributed by atoms with Crippen LogP contribution in [0.5, 0.6) is 0 Å². The molecule has 0 saturated carbocycles. The van der Waals surface area contributed by atoms with Gasteiger partial charge in [0.15, 0.2) is 0 Å². The van der Waals surface area contributed by atoms with E-state index in [9.17, 15) is 0 Å². The Morgan fingerprint density at radius 3 is 2.15 bits per heavy atom. The summed E-state index contributed by atoms with van der Waals surface area (Å²) in [4.78, 5) is 0. The maximum atomic E-state index is 3.29. The molecule has 3 rings (SSSR count). The fourth-order valence-electron chi connectivity index (χ4n) is 1.84. The summed E-state index contributed by atoms with van der Waals surface area (Å²) < 4.78 is 0. The first-order valence-corrected chi connectivity index (χ1v) is 5.64. The molecule has 1 heteroatoms. The fraction of sp³-hybridized carbons (Fsp3) is 0.158. The summed E-state index contributed by atoms with van der Waals surface area (Å²) in [7, 11) is 0. The molecule has 0 nitrogen and oxygen atoms in total. The van der Waals surface area contributed by atoms with E-state index in [0.29, 0.717) is 5.92 Å². The van der Waals surface area contributed by atoms with Crippen LogP contribution in [0.4, 0.5) is 0 Å². The van der Waals surface area contributed by atoms with E-state index < -0.39 is 0 Å². The number of rotatable bonds is 0. The zero-order valence-corrected chi connectivity index (χ0v) is 15.7. The number of allylic oxidation sites excluding steroid dienone is 1. The first-order chi connectivity index (χ1) is 7.77. The van der Waals surface area contributed by atoms with Crippen molar-refractivity contribution in [3.63, 3.8) is 0 Å². The minimum atomic E-state index is 0. The normalized spacial score (nSPS) is 13.2. The van der Waals surface area contributed by atoms with E-state index in [4.69, 9.17) is 0 Å². The van der Waals surface area contributed by atoms with Gasteiger partial charge >= 0.3 is 0 Å². The van der Waals surface area contributed by atoms with Crippen molar-refractivity contribution in [2.24, 2.45) is 0 Å². The molecule has 0 fully saturated rings. The molecule has 1 atom stereocenters. The van der Waals surface area contributed by atoms with E-state index in [1.54, 1.807) is 0 Å². The molecule has 0 N–H and O–H groups in total. The van der Waals surface area contributed by atoms with Gasteiger partial charge in [-0.2, -0.15) is 23.8 Å². The Balaban J connectivity index is -0.000000283. The van der Waals surface area contributed by atoms with E-state index in [0.717, 1.165) is 0 Å². The van der Waals surface area contributed by atoms with Crippen LogP contribution in [0, 0.1) is 35.3 Å². The van der Waals surface area contributed by atoms with Gasteiger partial charge in [-0.1, -0.05) is 30.5 Å². The van der Waals surface area contributed by atoms with Crippen molar-refractivity contribution in [3.05, 3.63) is 93.6 Å².